The molecular weight excluding hydrogens is 434 g/mol. The Labute approximate surface area is 172 Å². The van der Waals surface area contributed by atoms with Crippen molar-refractivity contribution < 1.29 is 22.6 Å². The minimum atomic E-state index is -4.77. The Bertz CT molecular complexity index is 1040. The second-order valence-corrected chi connectivity index (χ2v) is 7.19. The Balaban J connectivity index is 1.79. The van der Waals surface area contributed by atoms with E-state index in [2.05, 4.69) is 10.8 Å². The first kappa shape index (κ1) is 20.3. The lowest BCUT2D eigenvalue weighted by molar-refractivity contribution is -0.274. The second-order valence-electron chi connectivity index (χ2n) is 5.54. The molecule has 0 radical (unpaired) electrons. The first-order valence-corrected chi connectivity index (χ1v) is 9.35. The third kappa shape index (κ3) is 4.90. The van der Waals surface area contributed by atoms with E-state index >= 15 is 0 Å². The Morgan fingerprint density at radius 3 is 2.54 bits per heavy atom. The van der Waals surface area contributed by atoms with Gasteiger partial charge in [0.2, 0.25) is 0 Å². The number of nitriles is 1. The molecule has 144 valence electrons. The number of halogens is 5. The van der Waals surface area contributed by atoms with Crippen molar-refractivity contribution in [1.29, 1.82) is 5.26 Å². The van der Waals surface area contributed by atoms with Gasteiger partial charge in [0, 0.05) is 10.9 Å². The predicted octanol–water partition coefficient (Wildman–Crippen LogP) is 7.07. The van der Waals surface area contributed by atoms with E-state index in [4.69, 9.17) is 27.9 Å². The summed E-state index contributed by atoms with van der Waals surface area (Å²) in [5.41, 5.74) is 2.12. The molecule has 3 rings (SSSR count). The van der Waals surface area contributed by atoms with Crippen LogP contribution in [0.2, 0.25) is 10.0 Å². The van der Waals surface area contributed by atoms with Gasteiger partial charge in [-0.3, -0.25) is 0 Å². The third-order valence-corrected chi connectivity index (χ3v) is 5.23. The van der Waals surface area contributed by atoms with E-state index in [1.807, 2.05) is 0 Å². The third-order valence-electron chi connectivity index (χ3n) is 3.60. The van der Waals surface area contributed by atoms with Crippen molar-refractivity contribution in [3.05, 3.63) is 69.0 Å². The van der Waals surface area contributed by atoms with Crippen LogP contribution in [0.5, 0.6) is 10.8 Å². The highest BCUT2D eigenvalue weighted by molar-refractivity contribution is 7.12. The number of thiophene rings is 1. The van der Waals surface area contributed by atoms with Crippen molar-refractivity contribution >= 4 is 34.5 Å². The zero-order valence-electron chi connectivity index (χ0n) is 13.9. The van der Waals surface area contributed by atoms with E-state index in [-0.39, 0.29) is 12.4 Å². The second kappa shape index (κ2) is 8.31. The van der Waals surface area contributed by atoms with Crippen LogP contribution in [0.15, 0.2) is 47.8 Å². The van der Waals surface area contributed by atoms with Gasteiger partial charge in [-0.25, -0.2) is 0 Å². The van der Waals surface area contributed by atoms with Crippen LogP contribution in [0.4, 0.5) is 13.2 Å². The average Bonchev–Trinajstić information content (AvgIpc) is 3.04. The summed E-state index contributed by atoms with van der Waals surface area (Å²) < 4.78 is 46.6. The number of hydrogen-bond donors (Lipinski definition) is 0. The number of alkyl halides is 3. The van der Waals surface area contributed by atoms with Crippen molar-refractivity contribution in [3.63, 3.8) is 0 Å². The Morgan fingerprint density at radius 1 is 1.07 bits per heavy atom. The van der Waals surface area contributed by atoms with Gasteiger partial charge in [-0.1, -0.05) is 41.4 Å². The fourth-order valence-corrected chi connectivity index (χ4v) is 3.59. The molecule has 1 heterocycles. The Kier molecular flexibility index (Phi) is 6.04. The molecule has 0 N–H and O–H groups in total. The maximum absolute atomic E-state index is 12.3. The fraction of sp³-hybridized carbons (Fsp3) is 0.105. The molecule has 0 saturated carbocycles. The molecule has 0 bridgehead atoms. The summed E-state index contributed by atoms with van der Waals surface area (Å²) in [6.45, 7) is -0.0228. The summed E-state index contributed by atoms with van der Waals surface area (Å²) in [4.78, 5) is 0. The minimum absolute atomic E-state index is 0.0228. The molecule has 3 nitrogen and oxygen atoms in total. The van der Waals surface area contributed by atoms with Gasteiger partial charge in [0.05, 0.1) is 10.0 Å². The summed E-state index contributed by atoms with van der Waals surface area (Å²) >= 11 is 13.2. The van der Waals surface area contributed by atoms with Crippen LogP contribution in [0.3, 0.4) is 0 Å². The van der Waals surface area contributed by atoms with E-state index < -0.39 is 6.36 Å². The van der Waals surface area contributed by atoms with Gasteiger partial charge in [0.15, 0.2) is 5.06 Å². The maximum Gasteiger partial charge on any atom is 0.573 e. The quantitative estimate of drug-likeness (QED) is 0.423. The largest absolute Gasteiger partial charge is 0.573 e. The Hall–Kier alpha value is -2.40. The molecule has 0 fully saturated rings. The molecule has 28 heavy (non-hydrogen) atoms. The molecule has 9 heteroatoms. The number of rotatable bonds is 5. The standard InChI is InChI=1S/C19H10Cl2F3NO2S/c20-16-5-4-12(7-17(16)21)15-10-28-18(14(15)8-25)26-9-11-2-1-3-13(6-11)27-19(22,23)24/h1-7,10H,9H2. The summed E-state index contributed by atoms with van der Waals surface area (Å²) in [5.74, 6) is -0.336. The molecular formula is C19H10Cl2F3NO2S. The minimum Gasteiger partial charge on any atom is -0.478 e. The molecule has 1 aromatic heterocycles. The van der Waals surface area contributed by atoms with Gasteiger partial charge in [0.1, 0.15) is 24.0 Å². The predicted molar refractivity (Wildman–Crippen MR) is 102 cm³/mol. The molecule has 0 unspecified atom stereocenters. The zero-order chi connectivity index (χ0) is 20.3. The van der Waals surface area contributed by atoms with E-state index in [1.54, 1.807) is 29.6 Å². The topological polar surface area (TPSA) is 42.2 Å². The molecule has 3 aromatic rings. The first-order valence-electron chi connectivity index (χ1n) is 7.71. The van der Waals surface area contributed by atoms with Crippen molar-refractivity contribution in [2.75, 3.05) is 0 Å². The van der Waals surface area contributed by atoms with Crippen molar-refractivity contribution in [3.8, 4) is 28.0 Å². The van der Waals surface area contributed by atoms with Crippen molar-refractivity contribution in [1.82, 2.24) is 0 Å². The lowest BCUT2D eigenvalue weighted by Gasteiger charge is -2.10. The van der Waals surface area contributed by atoms with Crippen LogP contribution >= 0.6 is 34.5 Å². The van der Waals surface area contributed by atoms with Gasteiger partial charge in [-0.2, -0.15) is 5.26 Å². The zero-order valence-corrected chi connectivity index (χ0v) is 16.2. The number of hydrogen-bond acceptors (Lipinski definition) is 4. The highest BCUT2D eigenvalue weighted by atomic mass is 35.5. The Morgan fingerprint density at radius 2 is 1.86 bits per heavy atom. The number of nitrogens with zero attached hydrogens (tertiary/aromatic N) is 1. The number of benzene rings is 2. The maximum atomic E-state index is 12.3. The summed E-state index contributed by atoms with van der Waals surface area (Å²) in [5, 5.41) is 12.4. The van der Waals surface area contributed by atoms with E-state index in [0.29, 0.717) is 37.4 Å². The highest BCUT2D eigenvalue weighted by Gasteiger charge is 2.31. The average molecular weight is 444 g/mol. The smallest absolute Gasteiger partial charge is 0.478 e. The summed E-state index contributed by atoms with van der Waals surface area (Å²) in [6, 6.07) is 12.6. The molecule has 0 atom stereocenters. The molecule has 2 aromatic carbocycles. The normalized spacial score (nSPS) is 11.1. The van der Waals surface area contributed by atoms with Gasteiger partial charge >= 0.3 is 6.36 Å². The lowest BCUT2D eigenvalue weighted by atomic mass is 10.1. The van der Waals surface area contributed by atoms with Gasteiger partial charge in [-0.15, -0.1) is 24.5 Å². The van der Waals surface area contributed by atoms with E-state index in [0.717, 1.165) is 0 Å². The highest BCUT2D eigenvalue weighted by Crippen LogP contribution is 2.39. The fourth-order valence-electron chi connectivity index (χ4n) is 2.41. The van der Waals surface area contributed by atoms with Crippen LogP contribution in [-0.4, -0.2) is 6.36 Å². The van der Waals surface area contributed by atoms with Gasteiger partial charge in [-0.05, 0) is 35.4 Å². The molecule has 0 amide bonds. The van der Waals surface area contributed by atoms with Gasteiger partial charge in [0.25, 0.3) is 0 Å². The van der Waals surface area contributed by atoms with Crippen LogP contribution in [-0.2, 0) is 6.61 Å². The van der Waals surface area contributed by atoms with E-state index in [9.17, 15) is 18.4 Å². The van der Waals surface area contributed by atoms with Crippen LogP contribution in [0, 0.1) is 11.3 Å². The van der Waals surface area contributed by atoms with Crippen LogP contribution in [0.25, 0.3) is 11.1 Å². The summed E-state index contributed by atoms with van der Waals surface area (Å²) in [7, 11) is 0. The lowest BCUT2D eigenvalue weighted by Crippen LogP contribution is -2.17. The van der Waals surface area contributed by atoms with Crippen LogP contribution in [0.1, 0.15) is 11.1 Å². The van der Waals surface area contributed by atoms with Crippen molar-refractivity contribution in [2.45, 2.75) is 13.0 Å². The monoisotopic (exact) mass is 443 g/mol. The number of ether oxygens (including phenoxy) is 2. The first-order chi connectivity index (χ1) is 13.3. The summed E-state index contributed by atoms with van der Waals surface area (Å²) in [6.07, 6.45) is -4.77. The van der Waals surface area contributed by atoms with Gasteiger partial charge < -0.3 is 9.47 Å². The van der Waals surface area contributed by atoms with Crippen molar-refractivity contribution in [2.24, 2.45) is 0 Å². The molecule has 0 spiro atoms. The molecule has 0 aliphatic carbocycles. The SMILES string of the molecule is N#Cc1c(-c2ccc(Cl)c(Cl)c2)csc1OCc1cccc(OC(F)(F)F)c1. The van der Waals surface area contributed by atoms with Crippen LogP contribution < -0.4 is 9.47 Å². The molecule has 0 aliphatic heterocycles. The molecule has 0 aliphatic rings. The van der Waals surface area contributed by atoms with E-state index in [1.165, 1.54) is 29.5 Å². The molecule has 0 saturated heterocycles.